The summed E-state index contributed by atoms with van der Waals surface area (Å²) in [6.45, 7) is -1.12. The lowest BCUT2D eigenvalue weighted by molar-refractivity contribution is -0.0652. The maximum Gasteiger partial charge on any atom is 0.340 e. The summed E-state index contributed by atoms with van der Waals surface area (Å²) in [6, 6.07) is 2.00. The molecule has 2 bridgehead atoms. The Hall–Kier alpha value is -1.11. The van der Waals surface area contributed by atoms with E-state index < -0.39 is 52.1 Å². The van der Waals surface area contributed by atoms with Gasteiger partial charge < -0.3 is 39.5 Å². The molecule has 6 N–H and O–H groups in total. The zero-order valence-corrected chi connectivity index (χ0v) is 21.0. The number of ether oxygens (including phenoxy) is 1. The Bertz CT molecular complexity index is 1220. The number of hydrogen-bond donors (Lipinski definition) is 6. The van der Waals surface area contributed by atoms with Crippen molar-refractivity contribution in [1.82, 2.24) is 14.6 Å². The predicted molar refractivity (Wildman–Crippen MR) is 123 cm³/mol. The maximum absolute atomic E-state index is 11.9. The first-order chi connectivity index (χ1) is 16.3. The van der Waals surface area contributed by atoms with E-state index in [1.54, 1.807) is 6.07 Å². The highest BCUT2D eigenvalue weighted by Crippen LogP contribution is 2.55. The normalized spacial score (nSPS) is 34.5. The monoisotopic (exact) mass is 552 g/mol. The molecule has 2 aromatic heterocycles. The van der Waals surface area contributed by atoms with Crippen molar-refractivity contribution in [2.45, 2.75) is 49.5 Å². The van der Waals surface area contributed by atoms with Crippen LogP contribution in [0.1, 0.15) is 31.5 Å². The number of nitrogens with one attached hydrogen (secondary N) is 1. The van der Waals surface area contributed by atoms with Crippen LogP contribution in [0.4, 0.5) is 5.69 Å². The standard InChI is InChI=1S/C19H27ClN4O9P2/c20-16-5-13(22-12-4-10-1-2-11(12)3-10)14-6-21-18(24(14)23-16)19(26)8-32-15(17(19)25)7-33-35(30,31)9-34(27,28)29/h5-6,10-12,15,17,22,25-26H,1-4,7-9H2,(H,30,31)(H2,27,28,29)/t10?,11?,12?,15-,17-,19+/m1/s1. The first-order valence-electron chi connectivity index (χ1n) is 11.2. The maximum atomic E-state index is 11.9. The second-order valence-electron chi connectivity index (χ2n) is 9.64. The van der Waals surface area contributed by atoms with Gasteiger partial charge in [-0.15, -0.1) is 0 Å². The molecule has 2 aromatic rings. The first kappa shape index (κ1) is 25.5. The van der Waals surface area contributed by atoms with Gasteiger partial charge in [-0.05, 0) is 31.1 Å². The molecule has 5 rings (SSSR count). The van der Waals surface area contributed by atoms with Gasteiger partial charge >= 0.3 is 15.2 Å². The minimum atomic E-state index is -4.81. The summed E-state index contributed by atoms with van der Waals surface area (Å²) in [4.78, 5) is 31.8. The lowest BCUT2D eigenvalue weighted by Gasteiger charge is -2.26. The molecule has 35 heavy (non-hydrogen) atoms. The summed E-state index contributed by atoms with van der Waals surface area (Å²) in [5, 5.41) is 30.0. The number of rotatable bonds is 8. The zero-order chi connectivity index (χ0) is 25.2. The quantitative estimate of drug-likeness (QED) is 0.257. The van der Waals surface area contributed by atoms with Crippen LogP contribution in [-0.2, 0) is 24.0 Å². The molecule has 0 amide bonds. The highest BCUT2D eigenvalue weighted by Gasteiger charge is 2.53. The Morgan fingerprint density at radius 3 is 2.71 bits per heavy atom. The Balaban J connectivity index is 1.35. The summed E-state index contributed by atoms with van der Waals surface area (Å²) in [5.41, 5.74) is -0.796. The molecule has 0 aromatic carbocycles. The van der Waals surface area contributed by atoms with Crippen molar-refractivity contribution in [2.24, 2.45) is 11.8 Å². The summed E-state index contributed by atoms with van der Waals surface area (Å²) < 4.78 is 34.4. The van der Waals surface area contributed by atoms with E-state index in [4.69, 9.17) is 30.6 Å². The molecule has 1 saturated heterocycles. The fraction of sp³-hybridized carbons (Fsp3) is 0.684. The number of imidazole rings is 1. The fourth-order valence-corrected chi connectivity index (χ4v) is 8.25. The van der Waals surface area contributed by atoms with Crippen molar-refractivity contribution in [2.75, 3.05) is 24.4 Å². The Labute approximate surface area is 205 Å². The molecule has 2 aliphatic carbocycles. The minimum Gasteiger partial charge on any atom is -0.387 e. The second kappa shape index (κ2) is 9.02. The molecule has 7 atom stereocenters. The average molecular weight is 553 g/mol. The number of fused-ring (bicyclic) bond motifs is 3. The van der Waals surface area contributed by atoms with Crippen molar-refractivity contribution >= 4 is 38.0 Å². The van der Waals surface area contributed by atoms with Gasteiger partial charge in [-0.3, -0.25) is 9.13 Å². The molecule has 4 unspecified atom stereocenters. The van der Waals surface area contributed by atoms with Gasteiger partial charge in [0.25, 0.3) is 0 Å². The smallest absolute Gasteiger partial charge is 0.340 e. The van der Waals surface area contributed by atoms with E-state index in [9.17, 15) is 24.2 Å². The number of aliphatic hydroxyl groups is 2. The number of anilines is 1. The molecular formula is C19H27ClN4O9P2. The summed E-state index contributed by atoms with van der Waals surface area (Å²) in [7, 11) is -9.47. The fourth-order valence-electron chi connectivity index (χ4n) is 5.50. The highest BCUT2D eigenvalue weighted by atomic mass is 35.5. The van der Waals surface area contributed by atoms with Crippen LogP contribution >= 0.6 is 26.8 Å². The third-order valence-electron chi connectivity index (χ3n) is 7.10. The number of hydrogen-bond acceptors (Lipinski definition) is 9. The average Bonchev–Trinajstić information content (AvgIpc) is 3.50. The third kappa shape index (κ3) is 5.04. The molecule has 1 aliphatic heterocycles. The number of nitrogens with zero attached hydrogens (tertiary/aromatic N) is 3. The van der Waals surface area contributed by atoms with Gasteiger partial charge in [0.2, 0.25) is 0 Å². The van der Waals surface area contributed by atoms with E-state index in [1.165, 1.54) is 30.0 Å². The summed E-state index contributed by atoms with van der Waals surface area (Å²) in [6.07, 6.45) is 3.31. The SMILES string of the molecule is O=P(O)(O)CP(=O)(O)OC[C@H]1OC[C@@](O)(c2ncc3c(NC4CC5CCC4C5)cc(Cl)nn23)[C@@H]1O. The molecule has 3 heterocycles. The van der Waals surface area contributed by atoms with Crippen LogP contribution in [0.2, 0.25) is 5.15 Å². The van der Waals surface area contributed by atoms with Crippen LogP contribution in [-0.4, -0.2) is 76.9 Å². The van der Waals surface area contributed by atoms with E-state index in [0.29, 0.717) is 23.2 Å². The molecule has 0 spiro atoms. The largest absolute Gasteiger partial charge is 0.387 e. The van der Waals surface area contributed by atoms with Crippen molar-refractivity contribution in [3.05, 3.63) is 23.2 Å². The van der Waals surface area contributed by atoms with Crippen LogP contribution in [0.3, 0.4) is 0 Å². The molecule has 3 fully saturated rings. The lowest BCUT2D eigenvalue weighted by Crippen LogP contribution is -2.44. The van der Waals surface area contributed by atoms with Gasteiger partial charge in [0.1, 0.15) is 17.7 Å². The Morgan fingerprint density at radius 2 is 2.06 bits per heavy atom. The molecular weight excluding hydrogens is 526 g/mol. The number of aromatic nitrogens is 3. The molecule has 16 heteroatoms. The van der Waals surface area contributed by atoms with Crippen molar-refractivity contribution in [3.8, 4) is 0 Å². The van der Waals surface area contributed by atoms with E-state index in [0.717, 1.165) is 12.3 Å². The summed E-state index contributed by atoms with van der Waals surface area (Å²) in [5.74, 6) is -0.0904. The van der Waals surface area contributed by atoms with Gasteiger partial charge in [0, 0.05) is 12.1 Å². The van der Waals surface area contributed by atoms with Gasteiger partial charge in [-0.1, -0.05) is 18.0 Å². The molecule has 194 valence electrons. The van der Waals surface area contributed by atoms with E-state index in [2.05, 4.69) is 15.4 Å². The molecule has 13 nitrogen and oxygen atoms in total. The van der Waals surface area contributed by atoms with Crippen molar-refractivity contribution in [3.63, 3.8) is 0 Å². The van der Waals surface area contributed by atoms with Gasteiger partial charge in [0.05, 0.1) is 25.1 Å². The minimum absolute atomic E-state index is 0.0385. The highest BCUT2D eigenvalue weighted by molar-refractivity contribution is 7.70. The molecule has 2 saturated carbocycles. The zero-order valence-electron chi connectivity index (χ0n) is 18.5. The van der Waals surface area contributed by atoms with Gasteiger partial charge in [-0.2, -0.15) is 5.10 Å². The van der Waals surface area contributed by atoms with Gasteiger partial charge in [0.15, 0.2) is 22.5 Å². The second-order valence-corrected chi connectivity index (χ2v) is 14.0. The van der Waals surface area contributed by atoms with E-state index >= 15 is 0 Å². The van der Waals surface area contributed by atoms with Crippen LogP contribution in [0, 0.1) is 11.8 Å². The molecule has 0 radical (unpaired) electrons. The van der Waals surface area contributed by atoms with Crippen LogP contribution in [0.25, 0.3) is 5.52 Å². The Kier molecular flexibility index (Phi) is 6.58. The molecule has 3 aliphatic rings. The van der Waals surface area contributed by atoms with E-state index in [-0.39, 0.29) is 11.0 Å². The third-order valence-corrected chi connectivity index (χ3v) is 10.7. The number of halogens is 1. The van der Waals surface area contributed by atoms with Gasteiger partial charge in [-0.25, -0.2) is 9.50 Å². The van der Waals surface area contributed by atoms with Crippen molar-refractivity contribution < 1.29 is 43.3 Å². The van der Waals surface area contributed by atoms with E-state index in [1.807, 2.05) is 0 Å². The summed E-state index contributed by atoms with van der Waals surface area (Å²) >= 11 is 6.27. The lowest BCUT2D eigenvalue weighted by atomic mass is 9.95. The van der Waals surface area contributed by atoms with Crippen LogP contribution in [0.15, 0.2) is 12.3 Å². The van der Waals surface area contributed by atoms with Crippen LogP contribution < -0.4 is 5.32 Å². The predicted octanol–water partition coefficient (Wildman–Crippen LogP) is 1.27. The number of aliphatic hydroxyl groups excluding tert-OH is 1. The van der Waals surface area contributed by atoms with Crippen molar-refractivity contribution in [1.29, 1.82) is 0 Å². The first-order valence-corrected chi connectivity index (χ1v) is 15.1. The topological polar surface area (TPSA) is 196 Å². The Morgan fingerprint density at radius 1 is 1.29 bits per heavy atom. The van der Waals surface area contributed by atoms with Crippen LogP contribution in [0.5, 0.6) is 0 Å².